The predicted octanol–water partition coefficient (Wildman–Crippen LogP) is 1.12. The second-order valence-electron chi connectivity index (χ2n) is 7.03. The number of anilines is 1. The summed E-state index contributed by atoms with van der Waals surface area (Å²) in [7, 11) is -3.67. The van der Waals surface area contributed by atoms with E-state index in [4.69, 9.17) is 4.74 Å². The number of nitrogens with one attached hydrogen (secondary N) is 1. The van der Waals surface area contributed by atoms with Crippen LogP contribution in [0.1, 0.15) is 11.6 Å². The van der Waals surface area contributed by atoms with Crippen molar-refractivity contribution in [3.63, 3.8) is 0 Å². The third-order valence-electron chi connectivity index (χ3n) is 4.97. The maximum absolute atomic E-state index is 13.1. The Balaban J connectivity index is 1.54. The lowest BCUT2D eigenvalue weighted by Gasteiger charge is -2.26. The van der Waals surface area contributed by atoms with Gasteiger partial charge in [-0.2, -0.15) is 4.31 Å². The van der Waals surface area contributed by atoms with Gasteiger partial charge in [-0.25, -0.2) is 13.1 Å². The molecule has 1 N–H and O–H groups in total. The van der Waals surface area contributed by atoms with Crippen LogP contribution in [0.25, 0.3) is 0 Å². The highest BCUT2D eigenvalue weighted by Crippen LogP contribution is 2.22. The zero-order chi connectivity index (χ0) is 21.7. The summed E-state index contributed by atoms with van der Waals surface area (Å²) in [6.45, 7) is 1.33. The molecule has 0 bridgehead atoms. The van der Waals surface area contributed by atoms with Crippen molar-refractivity contribution in [2.24, 2.45) is 0 Å². The lowest BCUT2D eigenvalue weighted by atomic mass is 10.1. The summed E-state index contributed by atoms with van der Waals surface area (Å²) in [4.78, 5) is 13.2. The molecule has 1 atom stereocenters. The first-order valence-electron chi connectivity index (χ1n) is 9.79. The number of nitrogens with zero attached hydrogens (tertiary/aromatic N) is 5. The van der Waals surface area contributed by atoms with Gasteiger partial charge in [-0.15, -0.1) is 5.10 Å². The van der Waals surface area contributed by atoms with Gasteiger partial charge >= 0.3 is 0 Å². The number of rotatable bonds is 7. The topological polar surface area (TPSA) is 119 Å². The molecule has 10 nitrogen and oxygen atoms in total. The summed E-state index contributed by atoms with van der Waals surface area (Å²) in [5, 5.41) is 13.9. The van der Waals surface area contributed by atoms with Gasteiger partial charge in [0.2, 0.25) is 15.9 Å². The number of benzene rings is 2. The maximum Gasteiger partial charge on any atom is 0.249 e. The molecule has 1 saturated heterocycles. The smallest absolute Gasteiger partial charge is 0.249 e. The summed E-state index contributed by atoms with van der Waals surface area (Å²) in [5.41, 5.74) is 1.33. The number of sulfonamides is 1. The molecule has 0 spiro atoms. The molecule has 2 heterocycles. The molecule has 0 saturated carbocycles. The highest BCUT2D eigenvalue weighted by atomic mass is 32.2. The molecule has 4 rings (SSSR count). The highest BCUT2D eigenvalue weighted by Gasteiger charge is 2.27. The molecule has 31 heavy (non-hydrogen) atoms. The molecular weight excluding hydrogens is 420 g/mol. The van der Waals surface area contributed by atoms with Crippen molar-refractivity contribution in [2.75, 3.05) is 31.6 Å². The summed E-state index contributed by atoms with van der Waals surface area (Å²) in [5.74, 6) is -0.350. The molecule has 1 aromatic heterocycles. The Hall–Kier alpha value is -3.15. The van der Waals surface area contributed by atoms with Gasteiger partial charge in [0.25, 0.3) is 0 Å². The maximum atomic E-state index is 13.1. The molecule has 162 valence electrons. The van der Waals surface area contributed by atoms with Crippen LogP contribution in [-0.2, 0) is 26.0 Å². The fraction of sp³-hybridized carbons (Fsp3) is 0.300. The quantitative estimate of drug-likeness (QED) is 0.582. The van der Waals surface area contributed by atoms with Gasteiger partial charge in [0, 0.05) is 25.2 Å². The van der Waals surface area contributed by atoms with Crippen LogP contribution in [0.3, 0.4) is 0 Å². The van der Waals surface area contributed by atoms with Crippen LogP contribution in [0.2, 0.25) is 0 Å². The molecule has 1 aliphatic rings. The third kappa shape index (κ3) is 4.95. The second-order valence-corrected chi connectivity index (χ2v) is 8.97. The Morgan fingerprint density at radius 1 is 1.10 bits per heavy atom. The van der Waals surface area contributed by atoms with Gasteiger partial charge in [0.15, 0.2) is 0 Å². The monoisotopic (exact) mass is 442 g/mol. The molecule has 1 fully saturated rings. The number of carbonyl (C=O) groups excluding carboxylic acids is 1. The van der Waals surface area contributed by atoms with E-state index in [-0.39, 0.29) is 10.8 Å². The first-order chi connectivity index (χ1) is 15.0. The van der Waals surface area contributed by atoms with Gasteiger partial charge in [-0.1, -0.05) is 36.4 Å². The SMILES string of the molecule is O=C(Nc1cccc(S(=O)(=O)N2CCOCC2)c1)[C@@H](Cc1ccccc1)n1cnnn1. The zero-order valence-corrected chi connectivity index (χ0v) is 17.5. The van der Waals surface area contributed by atoms with Gasteiger partial charge in [-0.05, 0) is 34.2 Å². The van der Waals surface area contributed by atoms with Crippen molar-refractivity contribution < 1.29 is 17.9 Å². The number of amides is 1. The number of carbonyl (C=O) groups is 1. The standard InChI is InChI=1S/C20H22N6O4S/c27-20(19(26-15-21-23-24-26)13-16-5-2-1-3-6-16)22-17-7-4-8-18(14-17)31(28,29)25-9-11-30-12-10-25/h1-8,14-15,19H,9-13H2,(H,22,27)/t19-/m1/s1. The van der Waals surface area contributed by atoms with Crippen LogP contribution in [-0.4, -0.2) is 65.1 Å². The Kier molecular flexibility index (Phi) is 6.35. The summed E-state index contributed by atoms with van der Waals surface area (Å²) in [6, 6.07) is 15.0. The van der Waals surface area contributed by atoms with Crippen LogP contribution in [0.15, 0.2) is 65.8 Å². The van der Waals surface area contributed by atoms with E-state index in [0.717, 1.165) is 5.56 Å². The zero-order valence-electron chi connectivity index (χ0n) is 16.7. The number of morpholine rings is 1. The summed E-state index contributed by atoms with van der Waals surface area (Å²) in [6.07, 6.45) is 1.76. The number of aromatic nitrogens is 4. The summed E-state index contributed by atoms with van der Waals surface area (Å²) >= 11 is 0. The first kappa shape index (κ1) is 21.1. The van der Waals surface area contributed by atoms with E-state index in [1.807, 2.05) is 30.3 Å². The van der Waals surface area contributed by atoms with E-state index in [1.165, 1.54) is 27.4 Å². The fourth-order valence-electron chi connectivity index (χ4n) is 3.35. The van der Waals surface area contributed by atoms with Crippen molar-refractivity contribution in [3.05, 3.63) is 66.5 Å². The second kappa shape index (κ2) is 9.33. The van der Waals surface area contributed by atoms with Gasteiger partial charge < -0.3 is 10.1 Å². The largest absolute Gasteiger partial charge is 0.379 e. The first-order valence-corrected chi connectivity index (χ1v) is 11.2. The molecule has 2 aromatic carbocycles. The van der Waals surface area contributed by atoms with Crippen molar-refractivity contribution in [3.8, 4) is 0 Å². The van der Waals surface area contributed by atoms with Gasteiger partial charge in [-0.3, -0.25) is 4.79 Å². The van der Waals surface area contributed by atoms with E-state index in [2.05, 4.69) is 20.8 Å². The minimum absolute atomic E-state index is 0.120. The van der Waals surface area contributed by atoms with E-state index < -0.39 is 16.1 Å². The molecule has 3 aromatic rings. The Labute approximate surface area is 179 Å². The molecule has 0 radical (unpaired) electrons. The van der Waals surface area contributed by atoms with E-state index in [1.54, 1.807) is 12.1 Å². The Morgan fingerprint density at radius 3 is 2.58 bits per heavy atom. The van der Waals surface area contributed by atoms with Crippen molar-refractivity contribution in [2.45, 2.75) is 17.4 Å². The van der Waals surface area contributed by atoms with Gasteiger partial charge in [0.05, 0.1) is 18.1 Å². The lowest BCUT2D eigenvalue weighted by Crippen LogP contribution is -2.40. The van der Waals surface area contributed by atoms with Crippen molar-refractivity contribution in [1.82, 2.24) is 24.5 Å². The number of ether oxygens (including phenoxy) is 1. The number of hydrogen-bond donors (Lipinski definition) is 1. The molecular formula is C20H22N6O4S. The van der Waals surface area contributed by atoms with Crippen LogP contribution in [0.4, 0.5) is 5.69 Å². The average Bonchev–Trinajstić information content (AvgIpc) is 3.33. The fourth-order valence-corrected chi connectivity index (χ4v) is 4.81. The lowest BCUT2D eigenvalue weighted by molar-refractivity contribution is -0.119. The predicted molar refractivity (Wildman–Crippen MR) is 112 cm³/mol. The highest BCUT2D eigenvalue weighted by molar-refractivity contribution is 7.89. The van der Waals surface area contributed by atoms with Crippen molar-refractivity contribution >= 4 is 21.6 Å². The average molecular weight is 443 g/mol. The summed E-state index contributed by atoms with van der Waals surface area (Å²) < 4.78 is 33.8. The Morgan fingerprint density at radius 2 is 1.87 bits per heavy atom. The van der Waals surface area contributed by atoms with E-state index in [0.29, 0.717) is 38.4 Å². The molecule has 0 unspecified atom stereocenters. The minimum atomic E-state index is -3.67. The molecule has 11 heteroatoms. The van der Waals surface area contributed by atoms with Gasteiger partial charge in [0.1, 0.15) is 12.4 Å². The van der Waals surface area contributed by atoms with Crippen LogP contribution < -0.4 is 5.32 Å². The van der Waals surface area contributed by atoms with Crippen molar-refractivity contribution in [1.29, 1.82) is 0 Å². The number of hydrogen-bond acceptors (Lipinski definition) is 7. The van der Waals surface area contributed by atoms with Crippen LogP contribution in [0.5, 0.6) is 0 Å². The molecule has 1 amide bonds. The molecule has 0 aliphatic carbocycles. The Bertz CT molecular complexity index is 1120. The number of tetrazole rings is 1. The molecule has 1 aliphatic heterocycles. The minimum Gasteiger partial charge on any atom is -0.379 e. The van der Waals surface area contributed by atoms with Crippen LogP contribution in [0, 0.1) is 0 Å². The third-order valence-corrected chi connectivity index (χ3v) is 6.86. The van der Waals surface area contributed by atoms with Crippen LogP contribution >= 0.6 is 0 Å². The van der Waals surface area contributed by atoms with E-state index >= 15 is 0 Å². The van der Waals surface area contributed by atoms with E-state index in [9.17, 15) is 13.2 Å². The normalized spacial score (nSPS) is 16.0.